The highest BCUT2D eigenvalue weighted by Gasteiger charge is 2.24. The molecule has 1 aromatic rings. The first kappa shape index (κ1) is 22.5. The Bertz CT molecular complexity index is 612. The van der Waals surface area contributed by atoms with Gasteiger partial charge in [0.2, 0.25) is 5.91 Å². The highest BCUT2D eigenvalue weighted by molar-refractivity contribution is 5.76. The van der Waals surface area contributed by atoms with Crippen LogP contribution in [0.2, 0.25) is 0 Å². The van der Waals surface area contributed by atoms with Crippen LogP contribution in [0.3, 0.4) is 0 Å². The van der Waals surface area contributed by atoms with Crippen LogP contribution < -0.4 is 14.8 Å². The van der Waals surface area contributed by atoms with Crippen molar-refractivity contribution in [2.45, 2.75) is 46.5 Å². The molecule has 1 fully saturated rings. The Morgan fingerprint density at radius 1 is 1.14 bits per heavy atom. The first-order chi connectivity index (χ1) is 13.4. The van der Waals surface area contributed by atoms with Gasteiger partial charge in [-0.25, -0.2) is 0 Å². The van der Waals surface area contributed by atoms with E-state index in [2.05, 4.69) is 37.1 Å². The second kappa shape index (κ2) is 11.3. The van der Waals surface area contributed by atoms with Gasteiger partial charge in [-0.05, 0) is 67.8 Å². The van der Waals surface area contributed by atoms with Crippen molar-refractivity contribution in [3.05, 3.63) is 23.8 Å². The van der Waals surface area contributed by atoms with Crippen LogP contribution in [-0.4, -0.2) is 51.2 Å². The summed E-state index contributed by atoms with van der Waals surface area (Å²) in [5.41, 5.74) is 1.16. The number of rotatable bonds is 10. The average Bonchev–Trinajstić information content (AvgIpc) is 2.71. The highest BCUT2D eigenvalue weighted by Crippen LogP contribution is 2.28. The number of nitrogens with one attached hydrogen (secondary N) is 1. The van der Waals surface area contributed by atoms with Crippen LogP contribution >= 0.6 is 0 Å². The molecule has 1 aliphatic heterocycles. The topological polar surface area (TPSA) is 50.8 Å². The lowest BCUT2D eigenvalue weighted by molar-refractivity contribution is -0.133. The molecule has 0 spiro atoms. The fourth-order valence-electron chi connectivity index (χ4n) is 4.04. The van der Waals surface area contributed by atoms with E-state index < -0.39 is 0 Å². The molecule has 1 heterocycles. The normalized spacial score (nSPS) is 16.1. The molecule has 1 N–H and O–H groups in total. The zero-order valence-electron chi connectivity index (χ0n) is 18.3. The van der Waals surface area contributed by atoms with E-state index in [9.17, 15) is 4.79 Å². The van der Waals surface area contributed by atoms with Gasteiger partial charge >= 0.3 is 0 Å². The Morgan fingerprint density at radius 3 is 2.43 bits per heavy atom. The predicted molar refractivity (Wildman–Crippen MR) is 114 cm³/mol. The lowest BCUT2D eigenvalue weighted by Crippen LogP contribution is -2.38. The van der Waals surface area contributed by atoms with Crippen LogP contribution in [0.5, 0.6) is 11.5 Å². The summed E-state index contributed by atoms with van der Waals surface area (Å²) < 4.78 is 10.7. The molecule has 0 saturated carbocycles. The molecule has 158 valence electrons. The van der Waals surface area contributed by atoms with Crippen LogP contribution in [0.25, 0.3) is 0 Å². The Hall–Kier alpha value is -1.75. The fourth-order valence-corrected chi connectivity index (χ4v) is 4.04. The maximum atomic E-state index is 13.0. The van der Waals surface area contributed by atoms with E-state index in [0.29, 0.717) is 30.1 Å². The van der Waals surface area contributed by atoms with Crippen LogP contribution in [0, 0.1) is 17.8 Å². The lowest BCUT2D eigenvalue weighted by atomic mass is 9.84. The second-order valence-electron chi connectivity index (χ2n) is 8.44. The van der Waals surface area contributed by atoms with Gasteiger partial charge in [-0.3, -0.25) is 4.79 Å². The van der Waals surface area contributed by atoms with Gasteiger partial charge in [0, 0.05) is 19.5 Å². The van der Waals surface area contributed by atoms with Crippen molar-refractivity contribution in [2.75, 3.05) is 40.4 Å². The number of hydrogen-bond donors (Lipinski definition) is 1. The minimum absolute atomic E-state index is 0.292. The van der Waals surface area contributed by atoms with Crippen molar-refractivity contribution < 1.29 is 14.3 Å². The van der Waals surface area contributed by atoms with Crippen LogP contribution in [0.1, 0.15) is 45.6 Å². The Morgan fingerprint density at radius 2 is 1.82 bits per heavy atom. The number of carbonyl (C=O) groups excluding carboxylic acids is 1. The van der Waals surface area contributed by atoms with Gasteiger partial charge < -0.3 is 19.7 Å². The molecule has 5 heteroatoms. The first-order valence-corrected chi connectivity index (χ1v) is 10.6. The molecular weight excluding hydrogens is 352 g/mol. The standard InChI is InChI=1S/C23H38N2O3/c1-17(2)16-25(23(26)14-18(3)20-8-11-24-12-9-20)13-10-19-6-7-21(27-4)22(15-19)28-5/h6-7,15,17-18,20,24H,8-14,16H2,1-5H3. The molecular formula is C23H38N2O3. The van der Waals surface area contributed by atoms with Crippen molar-refractivity contribution in [3.8, 4) is 11.5 Å². The molecule has 1 amide bonds. The van der Waals surface area contributed by atoms with Crippen molar-refractivity contribution >= 4 is 5.91 Å². The van der Waals surface area contributed by atoms with Crippen LogP contribution in [0.15, 0.2) is 18.2 Å². The zero-order valence-corrected chi connectivity index (χ0v) is 18.3. The van der Waals surface area contributed by atoms with Gasteiger partial charge in [-0.15, -0.1) is 0 Å². The molecule has 1 unspecified atom stereocenters. The van der Waals surface area contributed by atoms with Gasteiger partial charge in [0.1, 0.15) is 0 Å². The molecule has 0 radical (unpaired) electrons. The SMILES string of the molecule is COc1ccc(CCN(CC(C)C)C(=O)CC(C)C2CCNCC2)cc1OC. The van der Waals surface area contributed by atoms with Crippen molar-refractivity contribution in [2.24, 2.45) is 17.8 Å². The number of ether oxygens (including phenoxy) is 2. The monoisotopic (exact) mass is 390 g/mol. The lowest BCUT2D eigenvalue weighted by Gasteiger charge is -2.31. The van der Waals surface area contributed by atoms with E-state index in [1.54, 1.807) is 14.2 Å². The highest BCUT2D eigenvalue weighted by atomic mass is 16.5. The predicted octanol–water partition coefficient (Wildman–Crippen LogP) is 3.76. The minimum Gasteiger partial charge on any atom is -0.493 e. The van der Waals surface area contributed by atoms with E-state index in [-0.39, 0.29) is 0 Å². The second-order valence-corrected chi connectivity index (χ2v) is 8.44. The minimum atomic E-state index is 0.292. The average molecular weight is 391 g/mol. The van der Waals surface area contributed by atoms with Gasteiger partial charge in [0.25, 0.3) is 0 Å². The largest absolute Gasteiger partial charge is 0.493 e. The fraction of sp³-hybridized carbons (Fsp3) is 0.696. The number of carbonyl (C=O) groups is 1. The van der Waals surface area contributed by atoms with Crippen molar-refractivity contribution in [3.63, 3.8) is 0 Å². The van der Waals surface area contributed by atoms with Crippen molar-refractivity contribution in [1.82, 2.24) is 10.2 Å². The Balaban J connectivity index is 1.97. The molecule has 28 heavy (non-hydrogen) atoms. The third kappa shape index (κ3) is 6.69. The summed E-state index contributed by atoms with van der Waals surface area (Å²) in [7, 11) is 3.29. The molecule has 2 rings (SSSR count). The summed E-state index contributed by atoms with van der Waals surface area (Å²) in [5, 5.41) is 3.41. The van der Waals surface area contributed by atoms with E-state index in [4.69, 9.17) is 9.47 Å². The van der Waals surface area contributed by atoms with E-state index in [0.717, 1.165) is 49.7 Å². The molecule has 0 bridgehead atoms. The molecule has 1 atom stereocenters. The van der Waals surface area contributed by atoms with E-state index >= 15 is 0 Å². The number of piperidine rings is 1. The summed E-state index contributed by atoms with van der Waals surface area (Å²) in [6.45, 7) is 10.3. The van der Waals surface area contributed by atoms with Gasteiger partial charge in [0.15, 0.2) is 11.5 Å². The molecule has 1 aliphatic rings. The number of amides is 1. The molecule has 1 saturated heterocycles. The molecule has 1 aromatic carbocycles. The quantitative estimate of drug-likeness (QED) is 0.661. The maximum Gasteiger partial charge on any atom is 0.222 e. The first-order valence-electron chi connectivity index (χ1n) is 10.6. The van der Waals surface area contributed by atoms with E-state index in [1.165, 1.54) is 12.8 Å². The van der Waals surface area contributed by atoms with E-state index in [1.807, 2.05) is 12.1 Å². The number of nitrogens with zero attached hydrogens (tertiary/aromatic N) is 1. The van der Waals surface area contributed by atoms with Gasteiger partial charge in [-0.1, -0.05) is 26.8 Å². The Kier molecular flexibility index (Phi) is 9.10. The zero-order chi connectivity index (χ0) is 20.5. The molecule has 0 aromatic heterocycles. The third-order valence-corrected chi connectivity index (χ3v) is 5.74. The van der Waals surface area contributed by atoms with Gasteiger partial charge in [-0.2, -0.15) is 0 Å². The summed E-state index contributed by atoms with van der Waals surface area (Å²) in [6.07, 6.45) is 3.85. The van der Waals surface area contributed by atoms with Gasteiger partial charge in [0.05, 0.1) is 14.2 Å². The summed E-state index contributed by atoms with van der Waals surface area (Å²) >= 11 is 0. The van der Waals surface area contributed by atoms with Crippen molar-refractivity contribution in [1.29, 1.82) is 0 Å². The Labute approximate surface area is 170 Å². The summed E-state index contributed by atoms with van der Waals surface area (Å²) in [6, 6.07) is 5.99. The number of methoxy groups -OCH3 is 2. The molecule has 5 nitrogen and oxygen atoms in total. The third-order valence-electron chi connectivity index (χ3n) is 5.74. The smallest absolute Gasteiger partial charge is 0.222 e. The summed E-state index contributed by atoms with van der Waals surface area (Å²) in [4.78, 5) is 15.1. The van der Waals surface area contributed by atoms with Crippen LogP contribution in [0.4, 0.5) is 0 Å². The maximum absolute atomic E-state index is 13.0. The molecule has 0 aliphatic carbocycles. The van der Waals surface area contributed by atoms with Crippen LogP contribution in [-0.2, 0) is 11.2 Å². The summed E-state index contributed by atoms with van der Waals surface area (Å²) in [5.74, 6) is 3.34. The number of hydrogen-bond acceptors (Lipinski definition) is 4. The number of benzene rings is 1.